The van der Waals surface area contributed by atoms with Crippen LogP contribution in [0.1, 0.15) is 12.0 Å². The second kappa shape index (κ2) is 8.73. The number of benzene rings is 1. The summed E-state index contributed by atoms with van der Waals surface area (Å²) in [6, 6.07) is 10.2. The molecule has 0 fully saturated rings. The fraction of sp³-hybridized carbons (Fsp3) is 0.462. The first-order valence-electron chi connectivity index (χ1n) is 5.91. The van der Waals surface area contributed by atoms with Crippen LogP contribution in [0.4, 0.5) is 0 Å². The van der Waals surface area contributed by atoms with Crippen LogP contribution in [0.2, 0.25) is 0 Å². The Morgan fingerprint density at radius 3 is 2.76 bits per heavy atom. The number of hydrogen-bond donors (Lipinski definition) is 2. The fourth-order valence-electron chi connectivity index (χ4n) is 1.45. The van der Waals surface area contributed by atoms with Crippen molar-refractivity contribution >= 4 is 5.91 Å². The van der Waals surface area contributed by atoms with E-state index in [0.29, 0.717) is 19.7 Å². The van der Waals surface area contributed by atoms with Crippen molar-refractivity contribution in [3.8, 4) is 0 Å². The average Bonchev–Trinajstić information content (AvgIpc) is 2.37. The zero-order chi connectivity index (χ0) is 12.3. The molecule has 0 aliphatic heterocycles. The minimum absolute atomic E-state index is 0.102. The summed E-state index contributed by atoms with van der Waals surface area (Å²) in [5, 5.41) is 2.65. The number of hydrogen-bond acceptors (Lipinski definition) is 3. The molecule has 0 unspecified atom stereocenters. The van der Waals surface area contributed by atoms with Crippen LogP contribution in [0.5, 0.6) is 0 Å². The highest BCUT2D eigenvalue weighted by molar-refractivity contribution is 5.77. The van der Waals surface area contributed by atoms with Gasteiger partial charge >= 0.3 is 0 Å². The summed E-state index contributed by atoms with van der Waals surface area (Å²) in [7, 11) is 0. The highest BCUT2D eigenvalue weighted by Crippen LogP contribution is 2.02. The highest BCUT2D eigenvalue weighted by atomic mass is 16.5. The van der Waals surface area contributed by atoms with Crippen molar-refractivity contribution in [1.29, 1.82) is 0 Å². The molecule has 0 bridgehead atoms. The van der Waals surface area contributed by atoms with E-state index in [1.807, 2.05) is 18.2 Å². The average molecular weight is 236 g/mol. The van der Waals surface area contributed by atoms with Gasteiger partial charge in [0.1, 0.15) is 6.61 Å². The Morgan fingerprint density at radius 1 is 1.29 bits per heavy atom. The molecule has 1 amide bonds. The molecule has 94 valence electrons. The highest BCUT2D eigenvalue weighted by Gasteiger charge is 1.99. The smallest absolute Gasteiger partial charge is 0.246 e. The monoisotopic (exact) mass is 236 g/mol. The van der Waals surface area contributed by atoms with Crippen molar-refractivity contribution in [2.75, 3.05) is 26.3 Å². The standard InChI is InChI=1S/C13H20N2O2/c14-8-9-15-13(16)11-17-10-4-7-12-5-2-1-3-6-12/h1-3,5-6H,4,7-11,14H2,(H,15,16). The predicted octanol–water partition coefficient (Wildman–Crippen LogP) is 0.711. The van der Waals surface area contributed by atoms with Crippen LogP contribution >= 0.6 is 0 Å². The number of amides is 1. The molecule has 1 aromatic rings. The molecule has 4 nitrogen and oxygen atoms in total. The van der Waals surface area contributed by atoms with Crippen LogP contribution in [0.15, 0.2) is 30.3 Å². The topological polar surface area (TPSA) is 64.3 Å². The summed E-state index contributed by atoms with van der Waals surface area (Å²) < 4.78 is 5.26. The Hall–Kier alpha value is -1.39. The molecule has 0 aliphatic carbocycles. The molecule has 3 N–H and O–H groups in total. The maximum absolute atomic E-state index is 11.1. The maximum atomic E-state index is 11.1. The summed E-state index contributed by atoms with van der Waals surface area (Å²) in [4.78, 5) is 11.1. The number of aryl methyl sites for hydroxylation is 1. The Bertz CT molecular complexity index is 314. The lowest BCUT2D eigenvalue weighted by molar-refractivity contribution is -0.125. The molecule has 4 heteroatoms. The zero-order valence-corrected chi connectivity index (χ0v) is 10.0. The number of carbonyl (C=O) groups is 1. The van der Waals surface area contributed by atoms with Crippen molar-refractivity contribution in [2.24, 2.45) is 5.73 Å². The van der Waals surface area contributed by atoms with Crippen molar-refractivity contribution in [2.45, 2.75) is 12.8 Å². The Labute approximate surface area is 102 Å². The molecule has 0 atom stereocenters. The molecule has 0 aromatic heterocycles. The summed E-state index contributed by atoms with van der Waals surface area (Å²) >= 11 is 0. The largest absolute Gasteiger partial charge is 0.372 e. The van der Waals surface area contributed by atoms with Gasteiger partial charge in [0, 0.05) is 19.7 Å². The molecule has 17 heavy (non-hydrogen) atoms. The van der Waals surface area contributed by atoms with E-state index < -0.39 is 0 Å². The Balaban J connectivity index is 1.99. The van der Waals surface area contributed by atoms with E-state index in [0.717, 1.165) is 12.8 Å². The van der Waals surface area contributed by atoms with E-state index in [1.165, 1.54) is 5.56 Å². The second-order valence-electron chi connectivity index (χ2n) is 3.78. The number of ether oxygens (including phenoxy) is 1. The second-order valence-corrected chi connectivity index (χ2v) is 3.78. The van der Waals surface area contributed by atoms with Gasteiger partial charge in [-0.2, -0.15) is 0 Å². The van der Waals surface area contributed by atoms with Gasteiger partial charge in [-0.3, -0.25) is 4.79 Å². The van der Waals surface area contributed by atoms with Gasteiger partial charge in [0.05, 0.1) is 0 Å². The molecule has 0 spiro atoms. The van der Waals surface area contributed by atoms with Crippen LogP contribution in [-0.2, 0) is 16.0 Å². The van der Waals surface area contributed by atoms with Gasteiger partial charge in [-0.05, 0) is 18.4 Å². The van der Waals surface area contributed by atoms with Gasteiger partial charge in [-0.1, -0.05) is 30.3 Å². The van der Waals surface area contributed by atoms with Crippen LogP contribution in [0.3, 0.4) is 0 Å². The summed E-state index contributed by atoms with van der Waals surface area (Å²) in [6.45, 7) is 1.69. The maximum Gasteiger partial charge on any atom is 0.246 e. The van der Waals surface area contributed by atoms with Gasteiger partial charge in [0.2, 0.25) is 5.91 Å². The van der Waals surface area contributed by atoms with E-state index in [-0.39, 0.29) is 12.5 Å². The first-order valence-corrected chi connectivity index (χ1v) is 5.91. The first kappa shape index (κ1) is 13.7. The van der Waals surface area contributed by atoms with E-state index in [2.05, 4.69) is 17.4 Å². The Morgan fingerprint density at radius 2 is 2.06 bits per heavy atom. The molecule has 0 saturated heterocycles. The molecular weight excluding hydrogens is 216 g/mol. The van der Waals surface area contributed by atoms with Gasteiger partial charge < -0.3 is 15.8 Å². The van der Waals surface area contributed by atoms with E-state index in [1.54, 1.807) is 0 Å². The van der Waals surface area contributed by atoms with Gasteiger partial charge in [0.25, 0.3) is 0 Å². The predicted molar refractivity (Wildman–Crippen MR) is 67.6 cm³/mol. The van der Waals surface area contributed by atoms with Crippen molar-refractivity contribution in [1.82, 2.24) is 5.32 Å². The number of carbonyl (C=O) groups excluding carboxylic acids is 1. The van der Waals surface area contributed by atoms with Gasteiger partial charge in [-0.15, -0.1) is 0 Å². The van der Waals surface area contributed by atoms with E-state index >= 15 is 0 Å². The summed E-state index contributed by atoms with van der Waals surface area (Å²) in [5.41, 5.74) is 6.56. The number of nitrogens with two attached hydrogens (primary N) is 1. The molecule has 1 aromatic carbocycles. The van der Waals surface area contributed by atoms with Crippen LogP contribution in [0.25, 0.3) is 0 Å². The lowest BCUT2D eigenvalue weighted by Crippen LogP contribution is -2.32. The summed E-state index contributed by atoms with van der Waals surface area (Å²) in [5.74, 6) is -0.102. The lowest BCUT2D eigenvalue weighted by atomic mass is 10.1. The normalized spacial score (nSPS) is 10.2. The first-order chi connectivity index (χ1) is 8.33. The quantitative estimate of drug-likeness (QED) is 0.653. The van der Waals surface area contributed by atoms with E-state index in [4.69, 9.17) is 10.5 Å². The zero-order valence-electron chi connectivity index (χ0n) is 10.0. The number of rotatable bonds is 8. The minimum atomic E-state index is -0.102. The molecule has 0 heterocycles. The van der Waals surface area contributed by atoms with Crippen molar-refractivity contribution in [3.63, 3.8) is 0 Å². The van der Waals surface area contributed by atoms with Gasteiger partial charge in [-0.25, -0.2) is 0 Å². The fourth-order valence-corrected chi connectivity index (χ4v) is 1.45. The van der Waals surface area contributed by atoms with Crippen molar-refractivity contribution < 1.29 is 9.53 Å². The third kappa shape index (κ3) is 6.71. The minimum Gasteiger partial charge on any atom is -0.372 e. The van der Waals surface area contributed by atoms with E-state index in [9.17, 15) is 4.79 Å². The molecule has 1 rings (SSSR count). The van der Waals surface area contributed by atoms with Crippen LogP contribution in [0, 0.1) is 0 Å². The molecule has 0 radical (unpaired) electrons. The third-order valence-electron chi connectivity index (χ3n) is 2.30. The van der Waals surface area contributed by atoms with Gasteiger partial charge in [0.15, 0.2) is 0 Å². The lowest BCUT2D eigenvalue weighted by Gasteiger charge is -2.05. The SMILES string of the molecule is NCCNC(=O)COCCCc1ccccc1. The Kier molecular flexibility index (Phi) is 7.02. The van der Waals surface area contributed by atoms with Crippen LogP contribution < -0.4 is 11.1 Å². The summed E-state index contributed by atoms with van der Waals surface area (Å²) in [6.07, 6.45) is 1.90. The third-order valence-corrected chi connectivity index (χ3v) is 2.30. The molecule has 0 aliphatic rings. The van der Waals surface area contributed by atoms with Crippen LogP contribution in [-0.4, -0.2) is 32.2 Å². The van der Waals surface area contributed by atoms with Crippen molar-refractivity contribution in [3.05, 3.63) is 35.9 Å². The number of nitrogens with one attached hydrogen (secondary N) is 1. The molecule has 0 saturated carbocycles. The molecular formula is C13H20N2O2.